The van der Waals surface area contributed by atoms with E-state index in [-0.39, 0.29) is 17.3 Å². The second-order valence-corrected chi connectivity index (χ2v) is 3.64. The number of aromatic nitrogens is 2. The van der Waals surface area contributed by atoms with Gasteiger partial charge in [0.15, 0.2) is 11.4 Å². The SMILES string of the molecule is CN1CCC(n2cnc(C#N)c2C#N)C1=O. The van der Waals surface area contributed by atoms with Crippen LogP contribution in [0, 0.1) is 22.7 Å². The van der Waals surface area contributed by atoms with Gasteiger partial charge < -0.3 is 9.47 Å². The Morgan fingerprint density at radius 1 is 1.50 bits per heavy atom. The lowest BCUT2D eigenvalue weighted by Crippen LogP contribution is -2.24. The molecule has 1 aromatic rings. The molecule has 1 aliphatic heterocycles. The van der Waals surface area contributed by atoms with Crippen molar-refractivity contribution in [3.8, 4) is 12.1 Å². The normalized spacial score (nSPS) is 19.6. The number of imidazole rings is 1. The maximum absolute atomic E-state index is 11.8. The molecule has 0 radical (unpaired) electrons. The highest BCUT2D eigenvalue weighted by molar-refractivity contribution is 5.82. The number of carbonyl (C=O) groups is 1. The second kappa shape index (κ2) is 3.67. The third-order valence-electron chi connectivity index (χ3n) is 2.74. The smallest absolute Gasteiger partial charge is 0.245 e. The Morgan fingerprint density at radius 3 is 2.75 bits per heavy atom. The molecular formula is C10H9N5O. The average Bonchev–Trinajstić information content (AvgIpc) is 2.83. The van der Waals surface area contributed by atoms with E-state index in [9.17, 15) is 4.79 Å². The highest BCUT2D eigenvalue weighted by Gasteiger charge is 2.32. The summed E-state index contributed by atoms with van der Waals surface area (Å²) in [4.78, 5) is 17.2. The zero-order valence-electron chi connectivity index (χ0n) is 8.71. The van der Waals surface area contributed by atoms with Crippen LogP contribution in [0.15, 0.2) is 6.33 Å². The van der Waals surface area contributed by atoms with Crippen molar-refractivity contribution in [2.75, 3.05) is 13.6 Å². The number of hydrogen-bond acceptors (Lipinski definition) is 4. The molecule has 2 rings (SSSR count). The van der Waals surface area contributed by atoms with Crippen LogP contribution in [0.5, 0.6) is 0 Å². The number of likely N-dealkylation sites (tertiary alicyclic amines) is 1. The molecule has 1 aliphatic rings. The Hall–Kier alpha value is -2.34. The topological polar surface area (TPSA) is 85.7 Å². The van der Waals surface area contributed by atoms with Crippen molar-refractivity contribution in [3.63, 3.8) is 0 Å². The summed E-state index contributed by atoms with van der Waals surface area (Å²) in [6.07, 6.45) is 2.03. The molecule has 2 heterocycles. The fraction of sp³-hybridized carbons (Fsp3) is 0.400. The van der Waals surface area contributed by atoms with E-state index in [1.54, 1.807) is 11.9 Å². The first-order valence-electron chi connectivity index (χ1n) is 4.81. The Balaban J connectivity index is 2.43. The Bertz CT molecular complexity index is 518. The Labute approximate surface area is 92.3 Å². The van der Waals surface area contributed by atoms with Crippen LogP contribution in [-0.2, 0) is 4.79 Å². The molecule has 0 aromatic carbocycles. The van der Waals surface area contributed by atoms with E-state index in [1.165, 1.54) is 10.9 Å². The van der Waals surface area contributed by atoms with Crippen molar-refractivity contribution >= 4 is 5.91 Å². The summed E-state index contributed by atoms with van der Waals surface area (Å²) in [6, 6.07) is 3.36. The largest absolute Gasteiger partial charge is 0.344 e. The summed E-state index contributed by atoms with van der Waals surface area (Å²) in [6.45, 7) is 0.661. The number of nitrogens with zero attached hydrogens (tertiary/aromatic N) is 5. The molecule has 1 saturated heterocycles. The lowest BCUT2D eigenvalue weighted by atomic mass is 10.2. The van der Waals surface area contributed by atoms with Gasteiger partial charge in [-0.2, -0.15) is 10.5 Å². The number of rotatable bonds is 1. The van der Waals surface area contributed by atoms with Crippen molar-refractivity contribution in [3.05, 3.63) is 17.7 Å². The molecule has 16 heavy (non-hydrogen) atoms. The molecule has 1 unspecified atom stereocenters. The minimum absolute atomic E-state index is 0.0432. The van der Waals surface area contributed by atoms with Gasteiger partial charge in [0.1, 0.15) is 18.2 Å². The van der Waals surface area contributed by atoms with E-state index in [0.717, 1.165) is 0 Å². The standard InChI is InChI=1S/C10H9N5O/c1-14-3-2-8(10(14)16)15-6-13-7(4-11)9(15)5-12/h6,8H,2-3H2,1H3. The molecule has 1 aromatic heterocycles. The summed E-state index contributed by atoms with van der Waals surface area (Å²) in [5, 5.41) is 17.7. The number of hydrogen-bond donors (Lipinski definition) is 0. The maximum atomic E-state index is 11.8. The molecule has 1 atom stereocenters. The molecular weight excluding hydrogens is 206 g/mol. The van der Waals surface area contributed by atoms with Crippen molar-refractivity contribution in [1.82, 2.24) is 14.5 Å². The minimum atomic E-state index is -0.394. The first kappa shape index (κ1) is 10.2. The van der Waals surface area contributed by atoms with E-state index in [4.69, 9.17) is 10.5 Å². The molecule has 6 heteroatoms. The van der Waals surface area contributed by atoms with Gasteiger partial charge in [0, 0.05) is 13.6 Å². The third-order valence-corrected chi connectivity index (χ3v) is 2.74. The third kappa shape index (κ3) is 1.32. The van der Waals surface area contributed by atoms with E-state index < -0.39 is 6.04 Å². The van der Waals surface area contributed by atoms with Gasteiger partial charge >= 0.3 is 0 Å². The highest BCUT2D eigenvalue weighted by atomic mass is 16.2. The summed E-state index contributed by atoms with van der Waals surface area (Å²) < 4.78 is 1.49. The minimum Gasteiger partial charge on any atom is -0.344 e. The number of nitriles is 2. The van der Waals surface area contributed by atoms with Gasteiger partial charge in [-0.05, 0) is 6.42 Å². The molecule has 0 N–H and O–H groups in total. The fourth-order valence-electron chi connectivity index (χ4n) is 1.85. The number of carbonyl (C=O) groups excluding carboxylic acids is 1. The molecule has 0 aliphatic carbocycles. The zero-order chi connectivity index (χ0) is 11.7. The predicted octanol–water partition coefficient (Wildman–Crippen LogP) is 0.0297. The lowest BCUT2D eigenvalue weighted by Gasteiger charge is -2.11. The highest BCUT2D eigenvalue weighted by Crippen LogP contribution is 2.24. The molecule has 6 nitrogen and oxygen atoms in total. The Morgan fingerprint density at radius 2 is 2.25 bits per heavy atom. The molecule has 1 fully saturated rings. The van der Waals surface area contributed by atoms with E-state index in [2.05, 4.69) is 4.98 Å². The monoisotopic (exact) mass is 215 g/mol. The fourth-order valence-corrected chi connectivity index (χ4v) is 1.85. The number of likely N-dealkylation sites (N-methyl/N-ethyl adjacent to an activating group) is 1. The quantitative estimate of drug-likeness (QED) is 0.661. The zero-order valence-corrected chi connectivity index (χ0v) is 8.71. The predicted molar refractivity (Wildman–Crippen MR) is 52.9 cm³/mol. The Kier molecular flexibility index (Phi) is 2.34. The lowest BCUT2D eigenvalue weighted by molar-refractivity contribution is -0.129. The van der Waals surface area contributed by atoms with Gasteiger partial charge in [0.05, 0.1) is 6.33 Å². The summed E-state index contributed by atoms with van der Waals surface area (Å²) >= 11 is 0. The van der Waals surface area contributed by atoms with Crippen molar-refractivity contribution in [2.45, 2.75) is 12.5 Å². The number of amides is 1. The second-order valence-electron chi connectivity index (χ2n) is 3.64. The maximum Gasteiger partial charge on any atom is 0.245 e. The van der Waals surface area contributed by atoms with Gasteiger partial charge in [0.2, 0.25) is 5.91 Å². The first-order valence-corrected chi connectivity index (χ1v) is 4.81. The van der Waals surface area contributed by atoms with Crippen molar-refractivity contribution in [2.24, 2.45) is 0 Å². The van der Waals surface area contributed by atoms with E-state index in [0.29, 0.717) is 13.0 Å². The van der Waals surface area contributed by atoms with Crippen LogP contribution in [0.1, 0.15) is 23.9 Å². The molecule has 0 bridgehead atoms. The van der Waals surface area contributed by atoms with E-state index >= 15 is 0 Å². The summed E-state index contributed by atoms with van der Waals surface area (Å²) in [5.41, 5.74) is 0.237. The van der Waals surface area contributed by atoms with Crippen LogP contribution in [0.3, 0.4) is 0 Å². The average molecular weight is 215 g/mol. The van der Waals surface area contributed by atoms with Gasteiger partial charge in [-0.15, -0.1) is 0 Å². The van der Waals surface area contributed by atoms with Crippen LogP contribution < -0.4 is 0 Å². The van der Waals surface area contributed by atoms with Crippen molar-refractivity contribution in [1.29, 1.82) is 10.5 Å². The van der Waals surface area contributed by atoms with Crippen LogP contribution in [0.2, 0.25) is 0 Å². The van der Waals surface area contributed by atoms with Crippen molar-refractivity contribution < 1.29 is 4.79 Å². The van der Waals surface area contributed by atoms with Gasteiger partial charge in [0.25, 0.3) is 0 Å². The molecule has 80 valence electrons. The molecule has 0 spiro atoms. The molecule has 0 saturated carbocycles. The summed E-state index contributed by atoms with van der Waals surface area (Å²) in [7, 11) is 1.72. The van der Waals surface area contributed by atoms with Crippen LogP contribution in [-0.4, -0.2) is 34.0 Å². The van der Waals surface area contributed by atoms with Gasteiger partial charge in [-0.3, -0.25) is 4.79 Å². The first-order chi connectivity index (χ1) is 7.69. The van der Waals surface area contributed by atoms with Crippen LogP contribution in [0.4, 0.5) is 0 Å². The summed E-state index contributed by atoms with van der Waals surface area (Å²) in [5.74, 6) is -0.0432. The van der Waals surface area contributed by atoms with E-state index in [1.807, 2.05) is 12.1 Å². The van der Waals surface area contributed by atoms with Crippen LogP contribution >= 0.6 is 0 Å². The van der Waals surface area contributed by atoms with Crippen LogP contribution in [0.25, 0.3) is 0 Å². The van der Waals surface area contributed by atoms with Gasteiger partial charge in [-0.25, -0.2) is 4.98 Å². The van der Waals surface area contributed by atoms with Gasteiger partial charge in [-0.1, -0.05) is 0 Å². The molecule has 1 amide bonds.